The largest absolute Gasteiger partial charge is 0.481 e. The number of fused-ring (bicyclic) bond motifs is 1. The first kappa shape index (κ1) is 26.2. The van der Waals surface area contributed by atoms with Gasteiger partial charge in [0.05, 0.1) is 12.3 Å². The van der Waals surface area contributed by atoms with Crippen LogP contribution in [0.25, 0.3) is 0 Å². The summed E-state index contributed by atoms with van der Waals surface area (Å²) in [5.74, 6) is -1.65. The van der Waals surface area contributed by atoms with Crippen LogP contribution in [0.15, 0.2) is 48.5 Å². The van der Waals surface area contributed by atoms with Crippen molar-refractivity contribution in [2.75, 3.05) is 26.2 Å². The number of hydrogen-bond acceptors (Lipinski definition) is 4. The van der Waals surface area contributed by atoms with E-state index in [4.69, 9.17) is 11.1 Å². The lowest BCUT2D eigenvalue weighted by atomic mass is 10.00. The second kappa shape index (κ2) is 11.9. The monoisotopic (exact) mass is 505 g/mol. The van der Waals surface area contributed by atoms with Crippen LogP contribution < -0.4 is 11.1 Å². The standard InChI is InChI=1S/C28H35N5O4/c29-26(30)22-9-8-20-10-13-32(14-11-21(20)15-22)28(37)31-18-24-16-23(17-25(34)35)27(36)33(24)12-4-7-19-5-2-1-3-6-19/h1-3,5-6,8-9,15,23-24H,4,7,10-14,16-18H2,(H3,29,30)(H,31,37)(H,34,35)/t23-,24-/m0/s1. The van der Waals surface area contributed by atoms with Crippen LogP contribution in [0, 0.1) is 11.3 Å². The number of likely N-dealkylation sites (tertiary alicyclic amines) is 1. The lowest BCUT2D eigenvalue weighted by Crippen LogP contribution is -2.47. The van der Waals surface area contributed by atoms with E-state index in [9.17, 15) is 19.5 Å². The summed E-state index contributed by atoms with van der Waals surface area (Å²) in [5.41, 5.74) is 9.76. The Balaban J connectivity index is 1.34. The number of amidine groups is 1. The molecule has 37 heavy (non-hydrogen) atoms. The van der Waals surface area contributed by atoms with E-state index in [1.165, 1.54) is 5.56 Å². The highest BCUT2D eigenvalue weighted by Crippen LogP contribution is 2.28. The number of nitrogen functional groups attached to an aromatic ring is 1. The summed E-state index contributed by atoms with van der Waals surface area (Å²) in [7, 11) is 0. The van der Waals surface area contributed by atoms with Gasteiger partial charge in [-0.2, -0.15) is 0 Å². The van der Waals surface area contributed by atoms with Gasteiger partial charge in [-0.1, -0.05) is 42.5 Å². The normalized spacial score (nSPS) is 19.3. The summed E-state index contributed by atoms with van der Waals surface area (Å²) in [5, 5.41) is 19.9. The van der Waals surface area contributed by atoms with E-state index in [1.807, 2.05) is 36.4 Å². The molecule has 196 valence electrons. The number of benzene rings is 2. The fourth-order valence-corrected chi connectivity index (χ4v) is 5.35. The van der Waals surface area contributed by atoms with Gasteiger partial charge < -0.3 is 26.0 Å². The average molecular weight is 506 g/mol. The zero-order chi connectivity index (χ0) is 26.4. The van der Waals surface area contributed by atoms with Gasteiger partial charge in [0.15, 0.2) is 0 Å². The highest BCUT2D eigenvalue weighted by Gasteiger charge is 2.40. The van der Waals surface area contributed by atoms with Crippen molar-refractivity contribution in [2.24, 2.45) is 11.7 Å². The molecule has 4 rings (SSSR count). The number of carbonyl (C=O) groups is 3. The fourth-order valence-electron chi connectivity index (χ4n) is 5.35. The number of aliphatic carboxylic acids is 1. The van der Waals surface area contributed by atoms with Crippen LogP contribution in [0.1, 0.15) is 41.5 Å². The summed E-state index contributed by atoms with van der Waals surface area (Å²) in [4.78, 5) is 40.9. The number of nitrogens with one attached hydrogen (secondary N) is 2. The summed E-state index contributed by atoms with van der Waals surface area (Å²) in [6.45, 7) is 1.95. The fraction of sp³-hybridized carbons (Fsp3) is 0.429. The maximum atomic E-state index is 13.0. The number of carbonyl (C=O) groups excluding carboxylic acids is 2. The molecule has 9 nitrogen and oxygen atoms in total. The van der Waals surface area contributed by atoms with E-state index in [0.717, 1.165) is 30.4 Å². The Hall–Kier alpha value is -3.88. The van der Waals surface area contributed by atoms with Crippen LogP contribution >= 0.6 is 0 Å². The maximum Gasteiger partial charge on any atom is 0.317 e. The highest BCUT2D eigenvalue weighted by molar-refractivity contribution is 5.95. The maximum absolute atomic E-state index is 13.0. The first-order chi connectivity index (χ1) is 17.8. The second-order valence-electron chi connectivity index (χ2n) is 9.88. The molecule has 0 saturated carbocycles. The zero-order valence-electron chi connectivity index (χ0n) is 21.0. The minimum absolute atomic E-state index is 0.0299. The molecule has 2 atom stereocenters. The third-order valence-corrected chi connectivity index (χ3v) is 7.35. The van der Waals surface area contributed by atoms with Gasteiger partial charge in [-0.05, 0) is 54.9 Å². The summed E-state index contributed by atoms with van der Waals surface area (Å²) < 4.78 is 0. The predicted octanol–water partition coefficient (Wildman–Crippen LogP) is 2.41. The first-order valence-corrected chi connectivity index (χ1v) is 12.9. The predicted molar refractivity (Wildman–Crippen MR) is 140 cm³/mol. The molecule has 1 saturated heterocycles. The second-order valence-corrected chi connectivity index (χ2v) is 9.88. The van der Waals surface area contributed by atoms with Gasteiger partial charge in [-0.3, -0.25) is 15.0 Å². The molecule has 1 fully saturated rings. The van der Waals surface area contributed by atoms with Gasteiger partial charge in [0, 0.05) is 37.8 Å². The molecule has 0 aromatic heterocycles. The number of nitrogens with two attached hydrogens (primary N) is 1. The van der Waals surface area contributed by atoms with Crippen LogP contribution in [0.2, 0.25) is 0 Å². The molecular formula is C28H35N5O4. The van der Waals surface area contributed by atoms with Crippen molar-refractivity contribution in [2.45, 2.75) is 44.6 Å². The first-order valence-electron chi connectivity index (χ1n) is 12.9. The van der Waals surface area contributed by atoms with E-state index in [-0.39, 0.29) is 30.2 Å². The third kappa shape index (κ3) is 6.67. The Labute approximate surface area is 217 Å². The Kier molecular flexibility index (Phi) is 8.43. The van der Waals surface area contributed by atoms with E-state index < -0.39 is 11.9 Å². The number of amides is 3. The van der Waals surface area contributed by atoms with Crippen molar-refractivity contribution in [1.82, 2.24) is 15.1 Å². The molecule has 9 heteroatoms. The van der Waals surface area contributed by atoms with Crippen molar-refractivity contribution < 1.29 is 19.5 Å². The third-order valence-electron chi connectivity index (χ3n) is 7.35. The van der Waals surface area contributed by atoms with Gasteiger partial charge in [-0.25, -0.2) is 4.79 Å². The minimum Gasteiger partial charge on any atom is -0.481 e. The molecule has 0 unspecified atom stereocenters. The molecule has 0 radical (unpaired) electrons. The van der Waals surface area contributed by atoms with Gasteiger partial charge in [0.1, 0.15) is 5.84 Å². The molecule has 3 amide bonds. The zero-order valence-corrected chi connectivity index (χ0v) is 21.0. The van der Waals surface area contributed by atoms with Crippen LogP contribution in [-0.2, 0) is 28.9 Å². The molecule has 2 aliphatic heterocycles. The van der Waals surface area contributed by atoms with Crippen molar-refractivity contribution in [3.8, 4) is 0 Å². The average Bonchev–Trinajstić information content (AvgIpc) is 3.04. The van der Waals surface area contributed by atoms with Gasteiger partial charge >= 0.3 is 12.0 Å². The molecule has 2 aliphatic rings. The van der Waals surface area contributed by atoms with Crippen molar-refractivity contribution in [3.05, 3.63) is 70.8 Å². The number of urea groups is 1. The number of rotatable bonds is 9. The Morgan fingerprint density at radius 3 is 2.51 bits per heavy atom. The van der Waals surface area contributed by atoms with Crippen molar-refractivity contribution >= 4 is 23.7 Å². The van der Waals surface area contributed by atoms with Gasteiger partial charge in [-0.15, -0.1) is 0 Å². The molecule has 0 aliphatic carbocycles. The molecule has 2 heterocycles. The quantitative estimate of drug-likeness (QED) is 0.306. The Morgan fingerprint density at radius 2 is 1.81 bits per heavy atom. The Bertz CT molecular complexity index is 1150. The number of nitrogens with zero attached hydrogens (tertiary/aromatic N) is 2. The van der Waals surface area contributed by atoms with Crippen LogP contribution in [-0.4, -0.2) is 70.9 Å². The van der Waals surface area contributed by atoms with E-state index in [0.29, 0.717) is 44.6 Å². The lowest BCUT2D eigenvalue weighted by Gasteiger charge is -2.27. The Morgan fingerprint density at radius 1 is 1.08 bits per heavy atom. The number of carboxylic acid groups (broad SMARTS) is 1. The topological polar surface area (TPSA) is 140 Å². The SMILES string of the molecule is N=C(N)c1ccc2c(c1)CCN(C(=O)NC[C@@H]1C[C@@H](CC(=O)O)C(=O)N1CCCc1ccccc1)CC2. The van der Waals surface area contributed by atoms with Crippen LogP contribution in [0.4, 0.5) is 4.79 Å². The van der Waals surface area contributed by atoms with E-state index in [2.05, 4.69) is 17.4 Å². The number of carboxylic acids is 1. The van der Waals surface area contributed by atoms with E-state index >= 15 is 0 Å². The van der Waals surface area contributed by atoms with Crippen molar-refractivity contribution in [3.63, 3.8) is 0 Å². The molecule has 0 bridgehead atoms. The molecule has 0 spiro atoms. The highest BCUT2D eigenvalue weighted by atomic mass is 16.4. The molecular weight excluding hydrogens is 470 g/mol. The summed E-state index contributed by atoms with van der Waals surface area (Å²) in [6.07, 6.45) is 3.23. The minimum atomic E-state index is -0.982. The van der Waals surface area contributed by atoms with Crippen molar-refractivity contribution in [1.29, 1.82) is 5.41 Å². The molecule has 2 aromatic rings. The van der Waals surface area contributed by atoms with E-state index in [1.54, 1.807) is 9.80 Å². The molecule has 2 aromatic carbocycles. The number of aryl methyl sites for hydroxylation is 1. The molecule has 5 N–H and O–H groups in total. The smallest absolute Gasteiger partial charge is 0.317 e. The summed E-state index contributed by atoms with van der Waals surface area (Å²) in [6, 6.07) is 15.4. The lowest BCUT2D eigenvalue weighted by molar-refractivity contribution is -0.142. The van der Waals surface area contributed by atoms with Gasteiger partial charge in [0.2, 0.25) is 5.91 Å². The van der Waals surface area contributed by atoms with Crippen LogP contribution in [0.3, 0.4) is 0 Å². The number of hydrogen-bond donors (Lipinski definition) is 4. The van der Waals surface area contributed by atoms with Crippen LogP contribution in [0.5, 0.6) is 0 Å². The summed E-state index contributed by atoms with van der Waals surface area (Å²) >= 11 is 0. The van der Waals surface area contributed by atoms with Gasteiger partial charge in [0.25, 0.3) is 0 Å².